The molecule has 2 N–H and O–H groups in total. The van der Waals surface area contributed by atoms with E-state index in [1.54, 1.807) is 29.8 Å². The maximum atomic E-state index is 10.5. The smallest absolute Gasteiger partial charge is 0.313 e. The summed E-state index contributed by atoms with van der Waals surface area (Å²) in [6.07, 6.45) is 0.533. The molecule has 1 heterocycles. The molecule has 0 fully saturated rings. The van der Waals surface area contributed by atoms with E-state index in [1.165, 1.54) is 0 Å². The molecule has 2 aromatic rings. The Labute approximate surface area is 114 Å². The topological polar surface area (TPSA) is 88.2 Å². The number of aromatic hydroxyl groups is 1. The molecule has 0 radical (unpaired) electrons. The fourth-order valence-electron chi connectivity index (χ4n) is 1.60. The van der Waals surface area contributed by atoms with Crippen LogP contribution in [-0.4, -0.2) is 36.7 Å². The van der Waals surface area contributed by atoms with Gasteiger partial charge in [-0.25, -0.2) is 0 Å². The molecule has 0 aliphatic heterocycles. The van der Waals surface area contributed by atoms with Gasteiger partial charge in [0.1, 0.15) is 11.6 Å². The molecule has 0 spiro atoms. The highest BCUT2D eigenvalue weighted by Gasteiger charge is 2.11. The van der Waals surface area contributed by atoms with E-state index in [2.05, 4.69) is 10.2 Å². The number of phenolic OH excluding ortho intramolecular Hbond substituents is 1. The number of hydrogen-bond acceptors (Lipinski definition) is 5. The summed E-state index contributed by atoms with van der Waals surface area (Å²) in [5, 5.41) is 26.6. The van der Waals surface area contributed by atoms with E-state index in [0.717, 1.165) is 23.1 Å². The van der Waals surface area contributed by atoms with Crippen molar-refractivity contribution < 1.29 is 15.0 Å². The largest absolute Gasteiger partial charge is 0.508 e. The van der Waals surface area contributed by atoms with Crippen LogP contribution in [0.4, 0.5) is 0 Å². The van der Waals surface area contributed by atoms with Gasteiger partial charge in [-0.3, -0.25) is 4.79 Å². The zero-order chi connectivity index (χ0) is 13.8. The molecule has 1 aromatic carbocycles. The average Bonchev–Trinajstić information content (AvgIpc) is 2.68. The highest BCUT2D eigenvalue weighted by molar-refractivity contribution is 7.99. The Morgan fingerprint density at radius 1 is 1.42 bits per heavy atom. The van der Waals surface area contributed by atoms with Crippen LogP contribution in [-0.2, 0) is 18.3 Å². The van der Waals surface area contributed by atoms with E-state index < -0.39 is 5.97 Å². The molecule has 0 aliphatic rings. The standard InChI is InChI=1S/C12H13N3O3S/c1-15-10(6-8-3-2-4-9(16)5-8)13-14-12(15)19-7-11(17)18/h2-5,16H,6-7H2,1H3,(H,17,18). The second-order valence-electron chi connectivity index (χ2n) is 3.99. The van der Waals surface area contributed by atoms with Crippen molar-refractivity contribution in [1.82, 2.24) is 14.8 Å². The first-order chi connectivity index (χ1) is 9.06. The van der Waals surface area contributed by atoms with Crippen molar-refractivity contribution in [2.75, 3.05) is 5.75 Å². The number of aliphatic carboxylic acids is 1. The summed E-state index contributed by atoms with van der Waals surface area (Å²) in [4.78, 5) is 10.5. The summed E-state index contributed by atoms with van der Waals surface area (Å²) in [5.74, 6) is -0.000808. The molecule has 0 amide bonds. The zero-order valence-electron chi connectivity index (χ0n) is 10.3. The lowest BCUT2D eigenvalue weighted by Gasteiger charge is -2.03. The number of hydrogen-bond donors (Lipinski definition) is 2. The van der Waals surface area contributed by atoms with Gasteiger partial charge in [0.15, 0.2) is 5.16 Å². The fraction of sp³-hybridized carbons (Fsp3) is 0.250. The van der Waals surface area contributed by atoms with E-state index in [0.29, 0.717) is 11.6 Å². The summed E-state index contributed by atoms with van der Waals surface area (Å²) in [5.41, 5.74) is 0.922. The molecule has 2 rings (SSSR count). The van der Waals surface area contributed by atoms with Crippen molar-refractivity contribution in [1.29, 1.82) is 0 Å². The van der Waals surface area contributed by atoms with Crippen molar-refractivity contribution in [3.8, 4) is 5.75 Å². The molecule has 6 nitrogen and oxygen atoms in total. The van der Waals surface area contributed by atoms with Crippen LogP contribution in [0.25, 0.3) is 0 Å². The summed E-state index contributed by atoms with van der Waals surface area (Å²) in [7, 11) is 1.79. The number of carboxylic acids is 1. The van der Waals surface area contributed by atoms with Crippen LogP contribution in [0.1, 0.15) is 11.4 Å². The third-order valence-electron chi connectivity index (χ3n) is 2.52. The Bertz CT molecular complexity index is 598. The molecule has 0 saturated carbocycles. The molecular formula is C12H13N3O3S. The molecule has 0 atom stereocenters. The molecule has 100 valence electrons. The van der Waals surface area contributed by atoms with E-state index in [-0.39, 0.29) is 11.5 Å². The first-order valence-electron chi connectivity index (χ1n) is 5.57. The summed E-state index contributed by atoms with van der Waals surface area (Å²) >= 11 is 1.13. The van der Waals surface area contributed by atoms with Gasteiger partial charge < -0.3 is 14.8 Å². The third kappa shape index (κ3) is 3.47. The number of carboxylic acid groups (broad SMARTS) is 1. The van der Waals surface area contributed by atoms with Gasteiger partial charge in [0.05, 0.1) is 5.75 Å². The molecule has 0 saturated heterocycles. The van der Waals surface area contributed by atoms with Crippen LogP contribution >= 0.6 is 11.8 Å². The number of benzene rings is 1. The van der Waals surface area contributed by atoms with Crippen LogP contribution in [0.3, 0.4) is 0 Å². The molecule has 0 unspecified atom stereocenters. The van der Waals surface area contributed by atoms with Gasteiger partial charge in [-0.15, -0.1) is 10.2 Å². The van der Waals surface area contributed by atoms with Crippen molar-refractivity contribution in [3.05, 3.63) is 35.7 Å². The van der Waals surface area contributed by atoms with Crippen LogP contribution in [0.2, 0.25) is 0 Å². The lowest BCUT2D eigenvalue weighted by Crippen LogP contribution is -2.03. The van der Waals surface area contributed by atoms with E-state index >= 15 is 0 Å². The Morgan fingerprint density at radius 3 is 2.89 bits per heavy atom. The minimum Gasteiger partial charge on any atom is -0.508 e. The van der Waals surface area contributed by atoms with Crippen LogP contribution in [0.15, 0.2) is 29.4 Å². The number of carbonyl (C=O) groups is 1. The van der Waals surface area contributed by atoms with Gasteiger partial charge >= 0.3 is 5.97 Å². The summed E-state index contributed by atoms with van der Waals surface area (Å²) in [6.45, 7) is 0. The summed E-state index contributed by atoms with van der Waals surface area (Å²) in [6, 6.07) is 6.92. The fourth-order valence-corrected chi connectivity index (χ4v) is 2.25. The van der Waals surface area contributed by atoms with Gasteiger partial charge in [-0.2, -0.15) is 0 Å². The highest BCUT2D eigenvalue weighted by Crippen LogP contribution is 2.18. The maximum absolute atomic E-state index is 10.5. The molecule has 19 heavy (non-hydrogen) atoms. The number of rotatable bonds is 5. The Morgan fingerprint density at radius 2 is 2.21 bits per heavy atom. The second-order valence-corrected chi connectivity index (χ2v) is 4.93. The van der Waals surface area contributed by atoms with Gasteiger partial charge in [-0.1, -0.05) is 23.9 Å². The second kappa shape index (κ2) is 5.75. The minimum absolute atomic E-state index is 0.0436. The average molecular weight is 279 g/mol. The lowest BCUT2D eigenvalue weighted by atomic mass is 10.1. The van der Waals surface area contributed by atoms with Crippen LogP contribution in [0.5, 0.6) is 5.75 Å². The van der Waals surface area contributed by atoms with Crippen molar-refractivity contribution in [2.24, 2.45) is 7.05 Å². The zero-order valence-corrected chi connectivity index (χ0v) is 11.1. The first-order valence-corrected chi connectivity index (χ1v) is 6.55. The number of phenols is 1. The first kappa shape index (κ1) is 13.4. The molecule has 0 aliphatic carbocycles. The van der Waals surface area contributed by atoms with E-state index in [4.69, 9.17) is 5.11 Å². The predicted molar refractivity (Wildman–Crippen MR) is 70.3 cm³/mol. The Hall–Kier alpha value is -2.02. The number of thioether (sulfide) groups is 1. The van der Waals surface area contributed by atoms with Crippen LogP contribution < -0.4 is 0 Å². The van der Waals surface area contributed by atoms with Crippen molar-refractivity contribution in [3.63, 3.8) is 0 Å². The van der Waals surface area contributed by atoms with Gasteiger partial charge in [0.25, 0.3) is 0 Å². The Kier molecular flexibility index (Phi) is 4.06. The van der Waals surface area contributed by atoms with Gasteiger partial charge in [0, 0.05) is 13.5 Å². The minimum atomic E-state index is -0.887. The SMILES string of the molecule is Cn1c(Cc2cccc(O)c2)nnc1SCC(=O)O. The predicted octanol–water partition coefficient (Wildman–Crippen LogP) is 1.29. The molecular weight excluding hydrogens is 266 g/mol. The molecule has 1 aromatic heterocycles. The van der Waals surface area contributed by atoms with Crippen molar-refractivity contribution >= 4 is 17.7 Å². The molecule has 0 bridgehead atoms. The summed E-state index contributed by atoms with van der Waals surface area (Å²) < 4.78 is 1.76. The third-order valence-corrected chi connectivity index (χ3v) is 3.53. The van der Waals surface area contributed by atoms with E-state index in [1.807, 2.05) is 6.07 Å². The monoisotopic (exact) mass is 279 g/mol. The van der Waals surface area contributed by atoms with Crippen LogP contribution in [0, 0.1) is 0 Å². The maximum Gasteiger partial charge on any atom is 0.313 e. The van der Waals surface area contributed by atoms with Crippen molar-refractivity contribution in [2.45, 2.75) is 11.6 Å². The Balaban J connectivity index is 2.11. The molecule has 7 heteroatoms. The van der Waals surface area contributed by atoms with Gasteiger partial charge in [0.2, 0.25) is 0 Å². The quantitative estimate of drug-likeness (QED) is 0.802. The van der Waals surface area contributed by atoms with Gasteiger partial charge in [-0.05, 0) is 17.7 Å². The van der Waals surface area contributed by atoms with E-state index in [9.17, 15) is 9.90 Å². The number of aromatic nitrogens is 3. The highest BCUT2D eigenvalue weighted by atomic mass is 32.2. The normalized spacial score (nSPS) is 10.6. The lowest BCUT2D eigenvalue weighted by molar-refractivity contribution is -0.133. The number of nitrogens with zero attached hydrogens (tertiary/aromatic N) is 3.